The maximum absolute atomic E-state index is 10.1. The van der Waals surface area contributed by atoms with Crippen LogP contribution in [0, 0.1) is 0 Å². The van der Waals surface area contributed by atoms with Crippen molar-refractivity contribution >= 4 is 16.7 Å². The molecule has 0 aliphatic rings. The Labute approximate surface area is 119 Å². The van der Waals surface area contributed by atoms with Crippen LogP contribution in [0.25, 0.3) is 0 Å². The van der Waals surface area contributed by atoms with Gasteiger partial charge in [-0.15, -0.1) is 0 Å². The molecular formula is C6H12NaO9S+. The van der Waals surface area contributed by atoms with Crippen LogP contribution >= 0.6 is 0 Å². The number of carbonyl (C=O) groups is 1. The smallest absolute Gasteiger partial charge is 0.388 e. The van der Waals surface area contributed by atoms with Gasteiger partial charge in [0.15, 0.2) is 6.29 Å². The average molecular weight is 283 g/mol. The summed E-state index contributed by atoms with van der Waals surface area (Å²) in [6.45, 7) is -1.04. The second-order valence-electron chi connectivity index (χ2n) is 2.89. The van der Waals surface area contributed by atoms with Crippen molar-refractivity contribution in [3.8, 4) is 0 Å². The number of rotatable bonds is 7. The van der Waals surface area contributed by atoms with Gasteiger partial charge in [0.1, 0.15) is 24.4 Å². The molecule has 0 aliphatic heterocycles. The molecule has 0 bridgehead atoms. The molecule has 0 aromatic carbocycles. The van der Waals surface area contributed by atoms with E-state index in [4.69, 9.17) is 25.0 Å². The van der Waals surface area contributed by atoms with E-state index in [1.165, 1.54) is 0 Å². The van der Waals surface area contributed by atoms with Crippen molar-refractivity contribution in [1.82, 2.24) is 0 Å². The molecule has 9 nitrogen and oxygen atoms in total. The molecule has 0 spiro atoms. The first kappa shape index (κ1) is 19.7. The van der Waals surface area contributed by atoms with E-state index in [0.29, 0.717) is 0 Å². The SMILES string of the molecule is O=CC(O)C(O)C(O)C(O)COS(=O)(=O)O.[Na+]. The van der Waals surface area contributed by atoms with Crippen LogP contribution in [0.3, 0.4) is 0 Å². The minimum Gasteiger partial charge on any atom is -0.388 e. The molecule has 0 amide bonds. The zero-order valence-corrected chi connectivity index (χ0v) is 11.7. The molecule has 4 unspecified atom stereocenters. The molecule has 5 N–H and O–H groups in total. The summed E-state index contributed by atoms with van der Waals surface area (Å²) in [6, 6.07) is 0. The summed E-state index contributed by atoms with van der Waals surface area (Å²) < 4.78 is 32.0. The molecule has 0 fully saturated rings. The van der Waals surface area contributed by atoms with Crippen LogP contribution in [0.5, 0.6) is 0 Å². The zero-order chi connectivity index (χ0) is 12.9. The molecular weight excluding hydrogens is 271 g/mol. The monoisotopic (exact) mass is 283 g/mol. The molecule has 0 saturated carbocycles. The van der Waals surface area contributed by atoms with Gasteiger partial charge in [0, 0.05) is 0 Å². The predicted molar refractivity (Wildman–Crippen MR) is 47.6 cm³/mol. The molecule has 0 rings (SSSR count). The van der Waals surface area contributed by atoms with Gasteiger partial charge in [0.05, 0.1) is 6.61 Å². The molecule has 0 aromatic rings. The number of carbonyl (C=O) groups excluding carboxylic acids is 1. The van der Waals surface area contributed by atoms with Gasteiger partial charge < -0.3 is 25.2 Å². The van der Waals surface area contributed by atoms with Gasteiger partial charge in [-0.1, -0.05) is 0 Å². The van der Waals surface area contributed by atoms with E-state index >= 15 is 0 Å². The van der Waals surface area contributed by atoms with Crippen LogP contribution in [-0.4, -0.2) is 70.7 Å². The first-order valence-electron chi connectivity index (χ1n) is 3.98. The third-order valence-corrected chi connectivity index (χ3v) is 2.06. The molecule has 0 heterocycles. The Balaban J connectivity index is 0. The van der Waals surface area contributed by atoms with E-state index in [1.54, 1.807) is 0 Å². The molecule has 4 atom stereocenters. The third-order valence-electron chi connectivity index (χ3n) is 1.62. The van der Waals surface area contributed by atoms with E-state index in [0.717, 1.165) is 0 Å². The summed E-state index contributed by atoms with van der Waals surface area (Å²) in [7, 11) is -4.79. The fourth-order valence-corrected chi connectivity index (χ4v) is 1.08. The standard InChI is InChI=1S/C6H12O9S.Na/c7-1-3(8)5(10)6(11)4(9)2-15-16(12,13)14;/h1,3-6,8-11H,2H2,(H,12,13,14);/q;+1. The summed E-state index contributed by atoms with van der Waals surface area (Å²) in [4.78, 5) is 10.0. The molecule has 11 heteroatoms. The number of aliphatic hydroxyl groups excluding tert-OH is 4. The van der Waals surface area contributed by atoms with Crippen LogP contribution < -0.4 is 29.6 Å². The Kier molecular flexibility index (Phi) is 9.83. The van der Waals surface area contributed by atoms with E-state index in [-0.39, 0.29) is 35.8 Å². The quantitative estimate of drug-likeness (QED) is 0.174. The Morgan fingerprint density at radius 2 is 1.59 bits per heavy atom. The van der Waals surface area contributed by atoms with Crippen molar-refractivity contribution in [1.29, 1.82) is 0 Å². The zero-order valence-electron chi connectivity index (χ0n) is 8.87. The summed E-state index contributed by atoms with van der Waals surface area (Å²) in [5, 5.41) is 36.0. The summed E-state index contributed by atoms with van der Waals surface area (Å²) >= 11 is 0. The Morgan fingerprint density at radius 1 is 1.12 bits per heavy atom. The Bertz CT molecular complexity index is 317. The number of aliphatic hydroxyl groups is 4. The normalized spacial score (nSPS) is 18.6. The van der Waals surface area contributed by atoms with Gasteiger partial charge in [-0.05, 0) is 0 Å². The van der Waals surface area contributed by atoms with Crippen LogP contribution in [-0.2, 0) is 19.4 Å². The fraction of sp³-hybridized carbons (Fsp3) is 0.833. The molecule has 96 valence electrons. The maximum atomic E-state index is 10.1. The van der Waals surface area contributed by atoms with Gasteiger partial charge in [-0.3, -0.25) is 4.55 Å². The van der Waals surface area contributed by atoms with E-state index in [9.17, 15) is 13.2 Å². The number of hydrogen-bond acceptors (Lipinski definition) is 8. The second-order valence-corrected chi connectivity index (χ2v) is 3.98. The van der Waals surface area contributed by atoms with Crippen LogP contribution in [0.2, 0.25) is 0 Å². The maximum Gasteiger partial charge on any atom is 1.00 e. The van der Waals surface area contributed by atoms with Crippen LogP contribution in [0.1, 0.15) is 0 Å². The van der Waals surface area contributed by atoms with E-state index in [1.807, 2.05) is 0 Å². The summed E-state index contributed by atoms with van der Waals surface area (Å²) in [6.07, 6.45) is -7.94. The fourth-order valence-electron chi connectivity index (χ4n) is 0.764. The minimum absolute atomic E-state index is 0. The van der Waals surface area contributed by atoms with Crippen molar-refractivity contribution in [3.63, 3.8) is 0 Å². The van der Waals surface area contributed by atoms with Gasteiger partial charge in [0.25, 0.3) is 0 Å². The van der Waals surface area contributed by atoms with Gasteiger partial charge in [-0.2, -0.15) is 8.42 Å². The number of aldehydes is 1. The first-order chi connectivity index (χ1) is 7.19. The third kappa shape index (κ3) is 8.15. The van der Waals surface area contributed by atoms with Gasteiger partial charge in [0.2, 0.25) is 0 Å². The van der Waals surface area contributed by atoms with Crippen molar-refractivity contribution in [2.24, 2.45) is 0 Å². The molecule has 0 radical (unpaired) electrons. The molecule has 0 saturated heterocycles. The van der Waals surface area contributed by atoms with Crippen molar-refractivity contribution < 1.29 is 71.9 Å². The Hall–Kier alpha value is 0.380. The number of hydrogen-bond donors (Lipinski definition) is 5. The van der Waals surface area contributed by atoms with Crippen LogP contribution in [0.4, 0.5) is 0 Å². The van der Waals surface area contributed by atoms with E-state index in [2.05, 4.69) is 4.18 Å². The summed E-state index contributed by atoms with van der Waals surface area (Å²) in [5.74, 6) is 0. The molecule has 0 aliphatic carbocycles. The predicted octanol–water partition coefficient (Wildman–Crippen LogP) is -6.55. The molecule has 0 aromatic heterocycles. The first-order valence-corrected chi connectivity index (χ1v) is 5.35. The summed E-state index contributed by atoms with van der Waals surface area (Å²) in [5.41, 5.74) is 0. The van der Waals surface area contributed by atoms with Crippen LogP contribution in [0.15, 0.2) is 0 Å². The molecule has 17 heavy (non-hydrogen) atoms. The van der Waals surface area contributed by atoms with E-state index < -0.39 is 41.4 Å². The van der Waals surface area contributed by atoms with Gasteiger partial charge >= 0.3 is 40.0 Å². The largest absolute Gasteiger partial charge is 1.00 e. The Morgan fingerprint density at radius 3 is 1.94 bits per heavy atom. The van der Waals surface area contributed by atoms with Crippen molar-refractivity contribution in [2.75, 3.05) is 6.61 Å². The van der Waals surface area contributed by atoms with Crippen molar-refractivity contribution in [2.45, 2.75) is 24.4 Å². The second kappa shape index (κ2) is 8.48. The van der Waals surface area contributed by atoms with Crippen molar-refractivity contribution in [3.05, 3.63) is 0 Å². The minimum atomic E-state index is -4.79. The van der Waals surface area contributed by atoms with Gasteiger partial charge in [-0.25, -0.2) is 4.18 Å². The topological polar surface area (TPSA) is 162 Å². The average Bonchev–Trinajstić information content (AvgIpc) is 2.21.